The van der Waals surface area contributed by atoms with Gasteiger partial charge < -0.3 is 15.0 Å². The molecule has 1 aliphatic rings. The number of amides is 2. The maximum atomic E-state index is 14.7. The summed E-state index contributed by atoms with van der Waals surface area (Å²) in [7, 11) is 3.04. The van der Waals surface area contributed by atoms with Gasteiger partial charge in [-0.3, -0.25) is 4.90 Å². The van der Waals surface area contributed by atoms with Crippen LogP contribution in [0.15, 0.2) is 36.4 Å². The second-order valence-electron chi connectivity index (χ2n) is 6.99. The molecule has 9 heteroatoms. The zero-order valence-electron chi connectivity index (χ0n) is 16.6. The maximum Gasteiger partial charge on any atom is 0.337 e. The highest BCUT2D eigenvalue weighted by Crippen LogP contribution is 2.27. The monoisotopic (exact) mass is 437 g/mol. The number of likely N-dealkylation sites (N-methyl/N-ethyl adjacent to an activating group) is 1. The summed E-state index contributed by atoms with van der Waals surface area (Å²) in [6, 6.07) is 7.66. The number of esters is 1. The summed E-state index contributed by atoms with van der Waals surface area (Å²) in [5, 5.41) is 3.00. The predicted octanol–water partition coefficient (Wildman–Crippen LogP) is 3.83. The third kappa shape index (κ3) is 4.71. The van der Waals surface area contributed by atoms with Crippen molar-refractivity contribution in [3.63, 3.8) is 0 Å². The second kappa shape index (κ2) is 9.40. The van der Waals surface area contributed by atoms with Gasteiger partial charge >= 0.3 is 12.0 Å². The first-order chi connectivity index (χ1) is 14.3. The van der Waals surface area contributed by atoms with E-state index in [1.807, 2.05) is 7.05 Å². The van der Waals surface area contributed by atoms with Gasteiger partial charge in [0.2, 0.25) is 0 Å². The Balaban J connectivity index is 1.92. The molecular formula is C21H22ClF2N3O3. The van der Waals surface area contributed by atoms with Gasteiger partial charge in [-0.05, 0) is 43.8 Å². The largest absolute Gasteiger partial charge is 0.465 e. The van der Waals surface area contributed by atoms with Gasteiger partial charge in [-0.15, -0.1) is 0 Å². The normalized spacial score (nSPS) is 15.9. The van der Waals surface area contributed by atoms with Crippen LogP contribution in [0.2, 0.25) is 5.02 Å². The van der Waals surface area contributed by atoms with Crippen LogP contribution in [-0.4, -0.2) is 50.2 Å². The molecule has 0 unspecified atom stereocenters. The Morgan fingerprint density at radius 3 is 2.60 bits per heavy atom. The van der Waals surface area contributed by atoms with E-state index in [9.17, 15) is 18.4 Å². The minimum absolute atomic E-state index is 0.0675. The van der Waals surface area contributed by atoms with Crippen LogP contribution in [0.25, 0.3) is 0 Å². The summed E-state index contributed by atoms with van der Waals surface area (Å²) in [5.74, 6) is -1.93. The van der Waals surface area contributed by atoms with Gasteiger partial charge in [0.05, 0.1) is 24.2 Å². The molecule has 0 aromatic heterocycles. The average Bonchev–Trinajstić information content (AvgIpc) is 3.23. The fraction of sp³-hybridized carbons (Fsp3) is 0.333. The first kappa shape index (κ1) is 22.0. The van der Waals surface area contributed by atoms with Crippen LogP contribution in [0.5, 0.6) is 0 Å². The molecule has 0 aliphatic carbocycles. The molecule has 1 heterocycles. The van der Waals surface area contributed by atoms with Gasteiger partial charge in [0.25, 0.3) is 0 Å². The molecule has 0 spiro atoms. The van der Waals surface area contributed by atoms with E-state index in [2.05, 4.69) is 10.1 Å². The smallest absolute Gasteiger partial charge is 0.337 e. The standard InChI is InChI=1S/C21H22ClF2N3O3/c1-25-15-7-8-26(12-15)21(29)27(16-5-6-18(23)17(22)10-16)11-14-4-3-13(9-19(14)24)20(28)30-2/h3-6,9-10,15,25H,7-8,11-12H2,1-2H3/t15-/m0/s1. The Morgan fingerprint density at radius 1 is 1.23 bits per heavy atom. The van der Waals surface area contributed by atoms with E-state index in [-0.39, 0.29) is 34.8 Å². The summed E-state index contributed by atoms with van der Waals surface area (Å²) in [6.45, 7) is 0.929. The number of likely N-dealkylation sites (tertiary alicyclic amines) is 1. The highest BCUT2D eigenvalue weighted by Gasteiger charge is 2.30. The molecule has 1 N–H and O–H groups in total. The lowest BCUT2D eigenvalue weighted by atomic mass is 10.1. The number of hydrogen-bond donors (Lipinski definition) is 1. The van der Waals surface area contributed by atoms with Crippen molar-refractivity contribution >= 4 is 29.3 Å². The Hall–Kier alpha value is -2.71. The van der Waals surface area contributed by atoms with Crippen molar-refractivity contribution < 1.29 is 23.1 Å². The van der Waals surface area contributed by atoms with Gasteiger partial charge in [-0.1, -0.05) is 17.7 Å². The maximum absolute atomic E-state index is 14.7. The number of anilines is 1. The SMILES string of the molecule is CN[C@H]1CCN(C(=O)N(Cc2ccc(C(=O)OC)cc2F)c2ccc(F)c(Cl)c2)C1. The van der Waals surface area contributed by atoms with Crippen LogP contribution in [-0.2, 0) is 11.3 Å². The number of carbonyl (C=O) groups is 2. The van der Waals surface area contributed by atoms with Crippen LogP contribution >= 0.6 is 11.6 Å². The van der Waals surface area contributed by atoms with Gasteiger partial charge in [-0.25, -0.2) is 18.4 Å². The third-order valence-electron chi connectivity index (χ3n) is 5.12. The van der Waals surface area contributed by atoms with E-state index in [1.165, 1.54) is 36.3 Å². The van der Waals surface area contributed by atoms with Crippen molar-refractivity contribution in [2.24, 2.45) is 0 Å². The predicted molar refractivity (Wildman–Crippen MR) is 110 cm³/mol. The van der Waals surface area contributed by atoms with E-state index < -0.39 is 17.6 Å². The fourth-order valence-electron chi connectivity index (χ4n) is 3.35. The van der Waals surface area contributed by atoms with Crippen molar-refractivity contribution in [3.8, 4) is 0 Å². The van der Waals surface area contributed by atoms with Crippen LogP contribution in [0.4, 0.5) is 19.3 Å². The summed E-state index contributed by atoms with van der Waals surface area (Å²) >= 11 is 5.91. The Bertz CT molecular complexity index is 957. The molecule has 30 heavy (non-hydrogen) atoms. The lowest BCUT2D eigenvalue weighted by Gasteiger charge is -2.29. The van der Waals surface area contributed by atoms with Crippen LogP contribution in [0.1, 0.15) is 22.3 Å². The quantitative estimate of drug-likeness (QED) is 0.722. The van der Waals surface area contributed by atoms with Crippen LogP contribution in [0.3, 0.4) is 0 Å². The summed E-state index contributed by atoms with van der Waals surface area (Å²) in [4.78, 5) is 27.8. The highest BCUT2D eigenvalue weighted by molar-refractivity contribution is 6.31. The van der Waals surface area contributed by atoms with E-state index in [0.717, 1.165) is 18.6 Å². The molecule has 2 aromatic rings. The van der Waals surface area contributed by atoms with E-state index in [4.69, 9.17) is 11.6 Å². The number of hydrogen-bond acceptors (Lipinski definition) is 4. The van der Waals surface area contributed by atoms with Gasteiger partial charge in [0.1, 0.15) is 11.6 Å². The summed E-state index contributed by atoms with van der Waals surface area (Å²) in [5.41, 5.74) is 0.606. The van der Waals surface area contributed by atoms with Crippen molar-refractivity contribution in [1.82, 2.24) is 10.2 Å². The molecule has 0 saturated carbocycles. The molecular weight excluding hydrogens is 416 g/mol. The second-order valence-corrected chi connectivity index (χ2v) is 7.39. The zero-order valence-corrected chi connectivity index (χ0v) is 17.4. The topological polar surface area (TPSA) is 61.9 Å². The molecule has 0 bridgehead atoms. The molecule has 3 rings (SSSR count). The highest BCUT2D eigenvalue weighted by atomic mass is 35.5. The number of rotatable bonds is 5. The molecule has 2 amide bonds. The lowest BCUT2D eigenvalue weighted by molar-refractivity contribution is 0.0600. The molecule has 1 aliphatic heterocycles. The average molecular weight is 438 g/mol. The Morgan fingerprint density at radius 2 is 2.00 bits per heavy atom. The summed E-state index contributed by atoms with van der Waals surface area (Å²) in [6.07, 6.45) is 0.794. The Labute approximate surface area is 178 Å². The van der Waals surface area contributed by atoms with Gasteiger partial charge in [0.15, 0.2) is 0 Å². The lowest BCUT2D eigenvalue weighted by Crippen LogP contribution is -2.43. The number of methoxy groups -OCH3 is 1. The number of urea groups is 1. The Kier molecular flexibility index (Phi) is 6.89. The number of nitrogens with zero attached hydrogens (tertiary/aromatic N) is 2. The molecule has 0 radical (unpaired) electrons. The van der Waals surface area contributed by atoms with Crippen LogP contribution in [0, 0.1) is 11.6 Å². The van der Waals surface area contributed by atoms with E-state index >= 15 is 0 Å². The molecule has 1 atom stereocenters. The van der Waals surface area contributed by atoms with Crippen molar-refractivity contribution in [3.05, 3.63) is 64.2 Å². The van der Waals surface area contributed by atoms with E-state index in [1.54, 1.807) is 4.90 Å². The first-order valence-corrected chi connectivity index (χ1v) is 9.77. The van der Waals surface area contributed by atoms with Gasteiger partial charge in [0, 0.05) is 30.4 Å². The minimum atomic E-state index is -0.658. The molecule has 2 aromatic carbocycles. The molecule has 160 valence electrons. The first-order valence-electron chi connectivity index (χ1n) is 9.39. The molecule has 1 saturated heterocycles. The van der Waals surface area contributed by atoms with Crippen molar-refractivity contribution in [1.29, 1.82) is 0 Å². The molecule has 1 fully saturated rings. The number of ether oxygens (including phenoxy) is 1. The van der Waals surface area contributed by atoms with Crippen LogP contribution < -0.4 is 10.2 Å². The third-order valence-corrected chi connectivity index (χ3v) is 5.41. The summed E-state index contributed by atoms with van der Waals surface area (Å²) < 4.78 is 32.9. The van der Waals surface area contributed by atoms with Crippen molar-refractivity contribution in [2.75, 3.05) is 32.1 Å². The van der Waals surface area contributed by atoms with E-state index in [0.29, 0.717) is 18.8 Å². The van der Waals surface area contributed by atoms with Crippen molar-refractivity contribution in [2.45, 2.75) is 19.0 Å². The number of halogens is 3. The minimum Gasteiger partial charge on any atom is -0.465 e. The number of benzene rings is 2. The molecule has 6 nitrogen and oxygen atoms in total. The fourth-order valence-corrected chi connectivity index (χ4v) is 3.53. The van der Waals surface area contributed by atoms with Gasteiger partial charge in [-0.2, -0.15) is 0 Å². The zero-order chi connectivity index (χ0) is 21.8. The number of nitrogens with one attached hydrogen (secondary N) is 1. The number of carbonyl (C=O) groups excluding carboxylic acids is 2.